The van der Waals surface area contributed by atoms with E-state index in [1.807, 2.05) is 13.2 Å². The average Bonchev–Trinajstić information content (AvgIpc) is 2.55. The molecule has 1 heterocycles. The molecule has 0 radical (unpaired) electrons. The van der Waals surface area contributed by atoms with Gasteiger partial charge in [-0.25, -0.2) is 8.42 Å². The van der Waals surface area contributed by atoms with Crippen molar-refractivity contribution in [1.82, 2.24) is 0 Å². The summed E-state index contributed by atoms with van der Waals surface area (Å²) in [5.41, 5.74) is 1.21. The van der Waals surface area contributed by atoms with Crippen LogP contribution < -0.4 is 0 Å². The highest BCUT2D eigenvalue weighted by Gasteiger charge is 2.38. The van der Waals surface area contributed by atoms with E-state index in [9.17, 15) is 8.42 Å². The molecule has 1 unspecified atom stereocenters. The highest BCUT2D eigenvalue weighted by Crippen LogP contribution is 2.32. The molecule has 98 valence electrons. The lowest BCUT2D eigenvalue weighted by Gasteiger charge is -2.21. The first kappa shape index (κ1) is 12.9. The minimum atomic E-state index is -2.81. The van der Waals surface area contributed by atoms with Crippen molar-refractivity contribution >= 4 is 9.84 Å². The number of sulfone groups is 1. The fourth-order valence-corrected chi connectivity index (χ4v) is 4.91. The first-order chi connectivity index (χ1) is 7.99. The van der Waals surface area contributed by atoms with Crippen molar-refractivity contribution in [1.29, 1.82) is 0 Å². The molecule has 0 amide bonds. The third-order valence-electron chi connectivity index (χ3n) is 3.76. The molecule has 2 rings (SSSR count). The molecule has 0 N–H and O–H groups in total. The molecule has 0 aromatic carbocycles. The fourth-order valence-electron chi connectivity index (χ4n) is 2.68. The molecule has 2 fully saturated rings. The maximum atomic E-state index is 11.4. The largest absolute Gasteiger partial charge is 0.501 e. The predicted octanol–water partition coefficient (Wildman–Crippen LogP) is 2.68. The van der Waals surface area contributed by atoms with Crippen LogP contribution in [0.15, 0.2) is 11.8 Å². The van der Waals surface area contributed by atoms with Gasteiger partial charge in [0.25, 0.3) is 0 Å². The van der Waals surface area contributed by atoms with E-state index in [1.165, 1.54) is 24.8 Å². The summed E-state index contributed by atoms with van der Waals surface area (Å²) in [6, 6.07) is 0. The Kier molecular flexibility index (Phi) is 3.81. The van der Waals surface area contributed by atoms with Crippen molar-refractivity contribution in [3.8, 4) is 0 Å². The van der Waals surface area contributed by atoms with Crippen LogP contribution in [0.3, 0.4) is 0 Å². The summed E-state index contributed by atoms with van der Waals surface area (Å²) in [5, 5.41) is 0. The Morgan fingerprint density at radius 2 is 2.00 bits per heavy atom. The number of hydrogen-bond acceptors (Lipinski definition) is 3. The molecule has 3 nitrogen and oxygen atoms in total. The smallest absolute Gasteiger partial charge is 0.151 e. The Morgan fingerprint density at radius 3 is 2.59 bits per heavy atom. The highest BCUT2D eigenvalue weighted by atomic mass is 32.2. The summed E-state index contributed by atoms with van der Waals surface area (Å²) < 4.78 is 28.5. The molecule has 1 aliphatic heterocycles. The van der Waals surface area contributed by atoms with Gasteiger partial charge >= 0.3 is 0 Å². The Morgan fingerprint density at radius 1 is 1.29 bits per heavy atom. The van der Waals surface area contributed by atoms with E-state index < -0.39 is 9.84 Å². The third-order valence-corrected chi connectivity index (χ3v) is 5.73. The normalized spacial score (nSPS) is 32.4. The van der Waals surface area contributed by atoms with Crippen LogP contribution in [-0.4, -0.2) is 26.5 Å². The minimum Gasteiger partial charge on any atom is -0.501 e. The summed E-state index contributed by atoms with van der Waals surface area (Å²) in [5.74, 6) is 0.604. The predicted molar refractivity (Wildman–Crippen MR) is 68.5 cm³/mol. The van der Waals surface area contributed by atoms with Gasteiger partial charge in [0.15, 0.2) is 9.84 Å². The number of rotatable bonds is 3. The standard InChI is InChI=1S/C13H22O3S/c1-13(7-8-17(14,15)11-13)10-16-9-12-5-3-2-4-6-12/h9H,2-8,10-11H2,1H3. The highest BCUT2D eigenvalue weighted by molar-refractivity contribution is 7.91. The van der Waals surface area contributed by atoms with Gasteiger partial charge in [-0.3, -0.25) is 0 Å². The summed E-state index contributed by atoms with van der Waals surface area (Å²) in [4.78, 5) is 0. The maximum Gasteiger partial charge on any atom is 0.151 e. The van der Waals surface area contributed by atoms with Crippen LogP contribution in [0.2, 0.25) is 0 Å². The summed E-state index contributed by atoms with van der Waals surface area (Å²) >= 11 is 0. The van der Waals surface area contributed by atoms with Crippen LogP contribution >= 0.6 is 0 Å². The number of hydrogen-bond donors (Lipinski definition) is 0. The van der Waals surface area contributed by atoms with Crippen LogP contribution in [0.1, 0.15) is 45.4 Å². The summed E-state index contributed by atoms with van der Waals surface area (Å²) in [6.07, 6.45) is 8.77. The SMILES string of the molecule is CC1(COC=C2CCCCC2)CCS(=O)(=O)C1. The quantitative estimate of drug-likeness (QED) is 0.731. The van der Waals surface area contributed by atoms with Crippen molar-refractivity contribution in [2.75, 3.05) is 18.1 Å². The van der Waals surface area contributed by atoms with Gasteiger partial charge < -0.3 is 4.74 Å². The molecule has 0 aromatic heterocycles. The van der Waals surface area contributed by atoms with Crippen molar-refractivity contribution in [3.05, 3.63) is 11.8 Å². The van der Waals surface area contributed by atoms with Gasteiger partial charge in [0.2, 0.25) is 0 Å². The molecule has 1 saturated carbocycles. The van der Waals surface area contributed by atoms with Crippen LogP contribution in [0.4, 0.5) is 0 Å². The van der Waals surface area contributed by atoms with Gasteiger partial charge in [0.1, 0.15) is 0 Å². The third kappa shape index (κ3) is 3.73. The average molecular weight is 258 g/mol. The van der Waals surface area contributed by atoms with Crippen molar-refractivity contribution in [3.63, 3.8) is 0 Å². The van der Waals surface area contributed by atoms with E-state index in [1.54, 1.807) is 0 Å². The van der Waals surface area contributed by atoms with Gasteiger partial charge in [-0.05, 0) is 37.7 Å². The first-order valence-corrected chi connectivity index (χ1v) is 8.31. The van der Waals surface area contributed by atoms with E-state index >= 15 is 0 Å². The zero-order valence-corrected chi connectivity index (χ0v) is 11.4. The number of allylic oxidation sites excluding steroid dienone is 1. The zero-order chi connectivity index (χ0) is 12.4. The fraction of sp³-hybridized carbons (Fsp3) is 0.846. The summed E-state index contributed by atoms with van der Waals surface area (Å²) in [6.45, 7) is 2.55. The van der Waals surface area contributed by atoms with Gasteiger partial charge in [0, 0.05) is 5.41 Å². The second kappa shape index (κ2) is 5.01. The second-order valence-corrected chi connectivity index (χ2v) is 7.98. The van der Waals surface area contributed by atoms with Gasteiger partial charge in [-0.2, -0.15) is 0 Å². The molecular formula is C13H22O3S. The Hall–Kier alpha value is -0.510. The van der Waals surface area contributed by atoms with Crippen LogP contribution in [0.25, 0.3) is 0 Å². The lowest BCUT2D eigenvalue weighted by molar-refractivity contribution is 0.139. The zero-order valence-electron chi connectivity index (χ0n) is 10.6. The maximum absolute atomic E-state index is 11.4. The monoisotopic (exact) mass is 258 g/mol. The van der Waals surface area contributed by atoms with E-state index in [0.717, 1.165) is 19.3 Å². The molecule has 1 saturated heterocycles. The molecule has 1 aliphatic carbocycles. The Labute approximate surface area is 104 Å². The van der Waals surface area contributed by atoms with Crippen molar-refractivity contribution in [2.45, 2.75) is 45.4 Å². The van der Waals surface area contributed by atoms with Crippen LogP contribution in [0, 0.1) is 5.41 Å². The molecular weight excluding hydrogens is 236 g/mol. The van der Waals surface area contributed by atoms with E-state index in [2.05, 4.69) is 0 Å². The lowest BCUT2D eigenvalue weighted by atomic mass is 9.91. The van der Waals surface area contributed by atoms with E-state index in [4.69, 9.17) is 4.74 Å². The topological polar surface area (TPSA) is 43.4 Å². The number of ether oxygens (including phenoxy) is 1. The molecule has 0 bridgehead atoms. The molecule has 4 heteroatoms. The van der Waals surface area contributed by atoms with E-state index in [0.29, 0.717) is 12.4 Å². The van der Waals surface area contributed by atoms with Gasteiger partial charge in [-0.1, -0.05) is 13.3 Å². The molecule has 0 spiro atoms. The lowest BCUT2D eigenvalue weighted by Crippen LogP contribution is -2.23. The van der Waals surface area contributed by atoms with E-state index in [-0.39, 0.29) is 11.2 Å². The molecule has 2 aliphatic rings. The first-order valence-electron chi connectivity index (χ1n) is 6.49. The van der Waals surface area contributed by atoms with Crippen molar-refractivity contribution < 1.29 is 13.2 Å². The molecule has 1 atom stereocenters. The Balaban J connectivity index is 1.82. The van der Waals surface area contributed by atoms with Gasteiger partial charge in [0.05, 0.1) is 24.4 Å². The Bertz CT molecular complexity index is 389. The van der Waals surface area contributed by atoms with Crippen LogP contribution in [-0.2, 0) is 14.6 Å². The van der Waals surface area contributed by atoms with Gasteiger partial charge in [-0.15, -0.1) is 0 Å². The van der Waals surface area contributed by atoms with Crippen LogP contribution in [0.5, 0.6) is 0 Å². The second-order valence-electron chi connectivity index (χ2n) is 5.80. The molecule has 17 heavy (non-hydrogen) atoms. The summed E-state index contributed by atoms with van der Waals surface area (Å²) in [7, 11) is -2.81. The molecule has 0 aromatic rings. The minimum absolute atomic E-state index is 0.176. The van der Waals surface area contributed by atoms with Crippen molar-refractivity contribution in [2.24, 2.45) is 5.41 Å².